The highest BCUT2D eigenvalue weighted by molar-refractivity contribution is 7.12. The number of piperidine rings is 1. The maximum absolute atomic E-state index is 8.79. The van der Waals surface area contributed by atoms with Gasteiger partial charge in [-0.15, -0.1) is 11.3 Å². The van der Waals surface area contributed by atoms with E-state index >= 15 is 0 Å². The summed E-state index contributed by atoms with van der Waals surface area (Å²) in [5, 5.41) is 12.4. The first-order valence-corrected chi connectivity index (χ1v) is 7.63. The van der Waals surface area contributed by atoms with Gasteiger partial charge in [-0.25, -0.2) is 0 Å². The van der Waals surface area contributed by atoms with Crippen LogP contribution in [-0.4, -0.2) is 30.1 Å². The van der Waals surface area contributed by atoms with E-state index in [9.17, 15) is 0 Å². The molecule has 1 N–H and O–H groups in total. The molecule has 2 aliphatic rings. The van der Waals surface area contributed by atoms with Crippen molar-refractivity contribution in [1.82, 2.24) is 10.2 Å². The average molecular weight is 261 g/mol. The Labute approximate surface area is 112 Å². The maximum atomic E-state index is 8.79. The Morgan fingerprint density at radius 1 is 1.28 bits per heavy atom. The van der Waals surface area contributed by atoms with Crippen LogP contribution in [0.15, 0.2) is 12.1 Å². The third-order valence-corrected chi connectivity index (χ3v) is 4.92. The highest BCUT2D eigenvalue weighted by Gasteiger charge is 2.31. The van der Waals surface area contributed by atoms with Crippen LogP contribution < -0.4 is 5.32 Å². The van der Waals surface area contributed by atoms with Crippen LogP contribution >= 0.6 is 11.3 Å². The molecule has 1 saturated carbocycles. The molecule has 2 heterocycles. The van der Waals surface area contributed by atoms with Gasteiger partial charge in [0.05, 0.1) is 0 Å². The zero-order valence-corrected chi connectivity index (χ0v) is 11.4. The summed E-state index contributed by atoms with van der Waals surface area (Å²) in [4.78, 5) is 4.74. The van der Waals surface area contributed by atoms with Crippen molar-refractivity contribution in [1.29, 1.82) is 5.26 Å². The van der Waals surface area contributed by atoms with Gasteiger partial charge >= 0.3 is 0 Å². The van der Waals surface area contributed by atoms with Crippen LogP contribution in [0.3, 0.4) is 0 Å². The summed E-state index contributed by atoms with van der Waals surface area (Å²) in [6.07, 6.45) is 5.38. The van der Waals surface area contributed by atoms with Crippen LogP contribution in [0.5, 0.6) is 0 Å². The largest absolute Gasteiger partial charge is 0.309 e. The number of likely N-dealkylation sites (tertiary alicyclic amines) is 1. The van der Waals surface area contributed by atoms with Gasteiger partial charge in [-0.2, -0.15) is 5.26 Å². The Kier molecular flexibility index (Phi) is 3.64. The molecule has 2 fully saturated rings. The fraction of sp³-hybridized carbons (Fsp3) is 0.643. The molecule has 0 radical (unpaired) electrons. The molecule has 0 atom stereocenters. The summed E-state index contributed by atoms with van der Waals surface area (Å²) < 4.78 is 0. The molecule has 1 aromatic heterocycles. The quantitative estimate of drug-likeness (QED) is 0.904. The third-order valence-electron chi connectivity index (χ3n) is 3.93. The van der Waals surface area contributed by atoms with Crippen molar-refractivity contribution in [3.63, 3.8) is 0 Å². The zero-order valence-electron chi connectivity index (χ0n) is 10.6. The summed E-state index contributed by atoms with van der Waals surface area (Å²) in [6.45, 7) is 3.44. The molecule has 0 amide bonds. The second kappa shape index (κ2) is 5.40. The predicted octanol–water partition coefficient (Wildman–Crippen LogP) is 2.34. The monoisotopic (exact) mass is 261 g/mol. The molecule has 0 aromatic carbocycles. The summed E-state index contributed by atoms with van der Waals surface area (Å²) in [6, 6.07) is 7.75. The molecule has 0 spiro atoms. The van der Waals surface area contributed by atoms with Crippen molar-refractivity contribution in [2.45, 2.75) is 44.3 Å². The summed E-state index contributed by atoms with van der Waals surface area (Å²) in [7, 11) is 0. The number of rotatable bonds is 4. The van der Waals surface area contributed by atoms with Crippen LogP contribution in [0.2, 0.25) is 0 Å². The van der Waals surface area contributed by atoms with E-state index in [2.05, 4.69) is 22.4 Å². The number of nitriles is 1. The number of hydrogen-bond donors (Lipinski definition) is 1. The van der Waals surface area contributed by atoms with E-state index in [0.717, 1.165) is 17.5 Å². The van der Waals surface area contributed by atoms with Gasteiger partial charge < -0.3 is 10.2 Å². The molecule has 1 aliphatic heterocycles. The Morgan fingerprint density at radius 2 is 2.06 bits per heavy atom. The first kappa shape index (κ1) is 12.2. The molecule has 4 heteroatoms. The lowest BCUT2D eigenvalue weighted by Crippen LogP contribution is -2.42. The van der Waals surface area contributed by atoms with Crippen molar-refractivity contribution in [3.05, 3.63) is 21.9 Å². The molecule has 3 rings (SSSR count). The minimum absolute atomic E-state index is 0.660. The lowest BCUT2D eigenvalue weighted by Gasteiger charge is -2.32. The Morgan fingerprint density at radius 3 is 2.67 bits per heavy atom. The smallest absolute Gasteiger partial charge is 0.110 e. The van der Waals surface area contributed by atoms with Crippen molar-refractivity contribution in [3.8, 4) is 6.07 Å². The predicted molar refractivity (Wildman–Crippen MR) is 73.5 cm³/mol. The minimum atomic E-state index is 0.660. The van der Waals surface area contributed by atoms with E-state index in [0.29, 0.717) is 6.04 Å². The van der Waals surface area contributed by atoms with Crippen molar-refractivity contribution in [2.75, 3.05) is 13.1 Å². The van der Waals surface area contributed by atoms with Gasteiger partial charge in [0, 0.05) is 23.5 Å². The second-order valence-electron chi connectivity index (χ2n) is 5.30. The molecule has 1 saturated heterocycles. The minimum Gasteiger partial charge on any atom is -0.309 e. The number of nitrogens with zero attached hydrogens (tertiary/aromatic N) is 2. The summed E-state index contributed by atoms with van der Waals surface area (Å²) in [5.41, 5.74) is 0. The van der Waals surface area contributed by atoms with Crippen molar-refractivity contribution >= 4 is 11.3 Å². The Hall–Kier alpha value is -0.890. The van der Waals surface area contributed by atoms with E-state index in [1.807, 2.05) is 6.07 Å². The molecule has 96 valence electrons. The fourth-order valence-corrected chi connectivity index (χ4v) is 3.44. The molecule has 0 bridgehead atoms. The van der Waals surface area contributed by atoms with E-state index in [1.165, 1.54) is 43.6 Å². The Balaban J connectivity index is 1.42. The SMILES string of the molecule is N#Cc1ccc(CNC2CCN(C3CC3)CC2)s1. The maximum Gasteiger partial charge on any atom is 0.110 e. The van der Waals surface area contributed by atoms with Crippen LogP contribution in [0.1, 0.15) is 35.4 Å². The second-order valence-corrected chi connectivity index (χ2v) is 6.47. The van der Waals surface area contributed by atoms with Crippen molar-refractivity contribution < 1.29 is 0 Å². The lowest BCUT2D eigenvalue weighted by molar-refractivity contribution is 0.189. The van der Waals surface area contributed by atoms with Gasteiger partial charge in [0.1, 0.15) is 10.9 Å². The van der Waals surface area contributed by atoms with E-state index in [4.69, 9.17) is 5.26 Å². The van der Waals surface area contributed by atoms with Gasteiger partial charge in [-0.05, 0) is 50.9 Å². The highest BCUT2D eigenvalue weighted by Crippen LogP contribution is 2.29. The van der Waals surface area contributed by atoms with Gasteiger partial charge in [-0.1, -0.05) is 0 Å². The number of hydrogen-bond acceptors (Lipinski definition) is 4. The first-order chi connectivity index (χ1) is 8.85. The van der Waals surface area contributed by atoms with Gasteiger partial charge in [0.2, 0.25) is 0 Å². The van der Waals surface area contributed by atoms with Gasteiger partial charge in [0.25, 0.3) is 0 Å². The van der Waals surface area contributed by atoms with E-state index in [-0.39, 0.29) is 0 Å². The molecular weight excluding hydrogens is 242 g/mol. The normalized spacial score (nSPS) is 21.9. The third kappa shape index (κ3) is 2.92. The highest BCUT2D eigenvalue weighted by atomic mass is 32.1. The summed E-state index contributed by atoms with van der Waals surface area (Å²) >= 11 is 1.60. The van der Waals surface area contributed by atoms with Gasteiger partial charge in [-0.3, -0.25) is 0 Å². The zero-order chi connectivity index (χ0) is 12.4. The number of thiophene rings is 1. The average Bonchev–Trinajstić information content (AvgIpc) is 3.16. The molecule has 1 aliphatic carbocycles. The van der Waals surface area contributed by atoms with E-state index in [1.54, 1.807) is 11.3 Å². The summed E-state index contributed by atoms with van der Waals surface area (Å²) in [5.74, 6) is 0. The molecule has 18 heavy (non-hydrogen) atoms. The Bertz CT molecular complexity index is 436. The molecule has 3 nitrogen and oxygen atoms in total. The lowest BCUT2D eigenvalue weighted by atomic mass is 10.0. The number of nitrogens with one attached hydrogen (secondary N) is 1. The molecule has 1 aromatic rings. The van der Waals surface area contributed by atoms with Crippen LogP contribution in [0, 0.1) is 11.3 Å². The van der Waals surface area contributed by atoms with Crippen LogP contribution in [0.25, 0.3) is 0 Å². The van der Waals surface area contributed by atoms with Crippen LogP contribution in [-0.2, 0) is 6.54 Å². The topological polar surface area (TPSA) is 39.1 Å². The molecular formula is C14H19N3S. The van der Waals surface area contributed by atoms with Crippen LogP contribution in [0.4, 0.5) is 0 Å². The van der Waals surface area contributed by atoms with Gasteiger partial charge in [0.15, 0.2) is 0 Å². The van der Waals surface area contributed by atoms with Crippen molar-refractivity contribution in [2.24, 2.45) is 0 Å². The fourth-order valence-electron chi connectivity index (χ4n) is 2.69. The standard InChI is InChI=1S/C14H19N3S/c15-9-13-3-4-14(18-13)10-16-11-5-7-17(8-6-11)12-1-2-12/h3-4,11-12,16H,1-2,5-8,10H2. The molecule has 0 unspecified atom stereocenters. The van der Waals surface area contributed by atoms with E-state index < -0.39 is 0 Å². The first-order valence-electron chi connectivity index (χ1n) is 6.81.